The van der Waals surface area contributed by atoms with Crippen molar-refractivity contribution < 1.29 is 64.2 Å². The van der Waals surface area contributed by atoms with Gasteiger partial charge < -0.3 is 101 Å². The first-order valence-electron chi connectivity index (χ1n) is 25.4. The Morgan fingerprint density at radius 1 is 0.542 bits per heavy atom. The molecule has 8 aromatic rings. The molecular formula is C55H58ClFN14O12. The Bertz CT molecular complexity index is 3780. The zero-order chi connectivity index (χ0) is 59.9. The predicted octanol–water partition coefficient (Wildman–Crippen LogP) is 0.941. The molecule has 4 saturated heterocycles. The van der Waals surface area contributed by atoms with E-state index in [1.54, 1.807) is 63.6 Å². The number of anilines is 4. The maximum absolute atomic E-state index is 14.0. The van der Waals surface area contributed by atoms with Gasteiger partial charge in [-0.25, -0.2) is 29.3 Å². The van der Waals surface area contributed by atoms with Crippen molar-refractivity contribution in [2.75, 3.05) is 49.4 Å². The summed E-state index contributed by atoms with van der Waals surface area (Å²) >= 11 is 5.82. The van der Waals surface area contributed by atoms with Crippen molar-refractivity contribution in [3.05, 3.63) is 84.4 Å². The maximum Gasteiger partial charge on any atom is 0.226 e. The molecule has 0 bridgehead atoms. The van der Waals surface area contributed by atoms with Crippen LogP contribution in [-0.4, -0.2) is 162 Å². The van der Waals surface area contributed by atoms with E-state index < -0.39 is 104 Å². The Kier molecular flexibility index (Phi) is 16.6. The van der Waals surface area contributed by atoms with Crippen molar-refractivity contribution in [2.24, 2.45) is 0 Å². The molecule has 12 atom stereocenters. The van der Waals surface area contributed by atoms with Gasteiger partial charge >= 0.3 is 0 Å². The standard InChI is InChI=1S/C14H14FN3O3.C14H16N4O3.C14H15N3O3.C13H13ClN4O3/c1-2-14(7-19)10(20)5-11(21-14)18-6-8(15)12-9(16)3-4-17-13(12)18;1-3-14(7-19)10(20)6-11(21-14)18-5-4-9-12(15)16-8(2)17-13(9)18;1-2-14(8-18)11(19)7-12(20-14)17-6-4-9-10(15)3-5-16-13(9)17;1-2-13(6-19)8(20)5-9(21-13)18-4-3-7-10(15)16-12(14)17-11(7)18/h1,3-4,6,10-11,19-20H,5,7H2,(H2,16,17);1,4-5,10-11,19-20H,6-7H2,2H3,(H2,15,16,17);1,3-6,11-12,18-19H,7-8H2,(H2,15,16);1,3-4,8-9,19-20H,5-6H2,(H2,15,16,17)/t2*10-,11+,14+;11-,12+,14+;8-,9+,13+/m0000/s1. The smallest absolute Gasteiger partial charge is 0.226 e. The number of aliphatic hydroxyl groups excluding tert-OH is 8. The van der Waals surface area contributed by atoms with Gasteiger partial charge in [-0.05, 0) is 48.9 Å². The lowest BCUT2D eigenvalue weighted by Gasteiger charge is -2.23. The van der Waals surface area contributed by atoms with Crippen LogP contribution in [0.15, 0.2) is 67.5 Å². The quantitative estimate of drug-likeness (QED) is 0.0744. The molecule has 16 N–H and O–H groups in total. The molecule has 0 unspecified atom stereocenters. The first-order valence-corrected chi connectivity index (χ1v) is 25.8. The Hall–Kier alpha value is -8.20. The molecule has 12 heterocycles. The van der Waals surface area contributed by atoms with Gasteiger partial charge in [0, 0.05) is 79.6 Å². The van der Waals surface area contributed by atoms with E-state index in [9.17, 15) is 45.2 Å². The van der Waals surface area contributed by atoms with Crippen molar-refractivity contribution in [3.8, 4) is 49.4 Å². The summed E-state index contributed by atoms with van der Waals surface area (Å²) in [6.45, 7) is -0.139. The molecule has 8 aromatic heterocycles. The summed E-state index contributed by atoms with van der Waals surface area (Å²) in [4.78, 5) is 24.8. The van der Waals surface area contributed by atoms with Gasteiger partial charge in [0.25, 0.3) is 0 Å². The lowest BCUT2D eigenvalue weighted by molar-refractivity contribution is -0.0891. The number of hydrogen-bond acceptors (Lipinski definition) is 22. The highest BCUT2D eigenvalue weighted by Crippen LogP contribution is 2.42. The van der Waals surface area contributed by atoms with Crippen molar-refractivity contribution in [3.63, 3.8) is 0 Å². The number of nitrogens with two attached hydrogens (primary N) is 4. The highest BCUT2D eigenvalue weighted by Gasteiger charge is 2.51. The zero-order valence-corrected chi connectivity index (χ0v) is 44.9. The molecule has 4 aliphatic heterocycles. The number of nitrogens with zero attached hydrogens (tertiary/aromatic N) is 10. The summed E-state index contributed by atoms with van der Waals surface area (Å²) < 4.78 is 43.3. The summed E-state index contributed by atoms with van der Waals surface area (Å²) in [6, 6.07) is 8.57. The summed E-state index contributed by atoms with van der Waals surface area (Å²) in [7, 11) is 0. The fourth-order valence-corrected chi connectivity index (χ4v) is 10.5. The minimum atomic E-state index is -1.49. The van der Waals surface area contributed by atoms with Gasteiger partial charge in [-0.3, -0.25) is 0 Å². The highest BCUT2D eigenvalue weighted by molar-refractivity contribution is 6.28. The molecule has 0 saturated carbocycles. The van der Waals surface area contributed by atoms with Gasteiger partial charge in [-0.15, -0.1) is 25.7 Å². The van der Waals surface area contributed by atoms with Crippen LogP contribution in [0.5, 0.6) is 0 Å². The molecule has 0 aromatic carbocycles. The van der Waals surface area contributed by atoms with Crippen molar-refractivity contribution in [2.45, 2.75) is 104 Å². The summed E-state index contributed by atoms with van der Waals surface area (Å²) in [5.41, 5.74) is 20.6. The van der Waals surface area contributed by atoms with Crippen molar-refractivity contribution >= 4 is 78.7 Å². The minimum Gasteiger partial charge on any atom is -0.398 e. The Morgan fingerprint density at radius 3 is 1.34 bits per heavy atom. The second kappa shape index (κ2) is 23.2. The highest BCUT2D eigenvalue weighted by atomic mass is 35.5. The Morgan fingerprint density at radius 2 is 0.916 bits per heavy atom. The third kappa shape index (κ3) is 10.5. The van der Waals surface area contributed by atoms with Crippen LogP contribution in [0.25, 0.3) is 44.1 Å². The zero-order valence-electron chi connectivity index (χ0n) is 44.2. The van der Waals surface area contributed by atoms with Gasteiger partial charge in [-0.1, -0.05) is 23.7 Å². The van der Waals surface area contributed by atoms with E-state index in [2.05, 4.69) is 53.6 Å². The van der Waals surface area contributed by atoms with Crippen LogP contribution in [0.2, 0.25) is 5.28 Å². The van der Waals surface area contributed by atoms with Gasteiger partial charge in [0.05, 0.1) is 42.6 Å². The van der Waals surface area contributed by atoms with Gasteiger partial charge in [0.1, 0.15) is 89.4 Å². The molecule has 12 rings (SSSR count). The first kappa shape index (κ1) is 59.4. The van der Waals surface area contributed by atoms with Crippen LogP contribution in [0.4, 0.5) is 27.4 Å². The average Bonchev–Trinajstić information content (AvgIpc) is 4.09. The van der Waals surface area contributed by atoms with E-state index in [1.165, 1.54) is 23.0 Å². The van der Waals surface area contributed by atoms with Crippen LogP contribution in [0.3, 0.4) is 0 Å². The fraction of sp³-hybridized carbons (Fsp3) is 0.382. The van der Waals surface area contributed by atoms with Gasteiger partial charge in [0.2, 0.25) is 5.28 Å². The molecular weight excluding hydrogens is 1100 g/mol. The van der Waals surface area contributed by atoms with Gasteiger partial charge in [0.15, 0.2) is 28.2 Å². The molecule has 28 heteroatoms. The number of aryl methyl sites for hydroxylation is 1. The molecule has 4 fully saturated rings. The molecule has 0 radical (unpaired) electrons. The maximum atomic E-state index is 14.0. The summed E-state index contributed by atoms with van der Waals surface area (Å²) in [5, 5.41) is 80.2. The number of halogens is 2. The second-order valence-corrected chi connectivity index (χ2v) is 20.2. The van der Waals surface area contributed by atoms with Crippen molar-refractivity contribution in [1.82, 2.24) is 48.2 Å². The predicted molar refractivity (Wildman–Crippen MR) is 299 cm³/mol. The SMILES string of the molecule is C#C[C@]1(CO)O[C@@H](n2cc(F)c3c(N)ccnc32)C[C@@H]1O.C#C[C@]1(CO)O[C@@H](n2ccc3c(N)ccnc32)C[C@@H]1O.C#C[C@]1(CO)O[C@@H](n2ccc3c(N)nc(C)nc32)C[C@@H]1O.C#C[C@]1(CO)O[C@@H](n2ccc3c(N)nc(Cl)nc32)C[C@@H]1O. The van der Waals surface area contributed by atoms with Crippen LogP contribution in [0.1, 0.15) is 56.4 Å². The van der Waals surface area contributed by atoms with E-state index in [4.69, 9.17) is 79.2 Å². The number of nitrogen functional groups attached to an aromatic ring is 4. The van der Waals surface area contributed by atoms with E-state index in [-0.39, 0.29) is 47.9 Å². The number of terminal acetylenes is 4. The minimum absolute atomic E-state index is 0.0175. The number of ether oxygens (including phenoxy) is 4. The lowest BCUT2D eigenvalue weighted by atomic mass is 9.99. The number of hydrogen-bond donors (Lipinski definition) is 12. The van der Waals surface area contributed by atoms with Gasteiger partial charge in [-0.2, -0.15) is 4.98 Å². The first-order chi connectivity index (χ1) is 39.6. The normalized spacial score (nSPS) is 29.0. The molecule has 4 aliphatic rings. The lowest BCUT2D eigenvalue weighted by Crippen LogP contribution is -2.41. The number of aliphatic hydroxyl groups is 8. The van der Waals surface area contributed by atoms with Crippen molar-refractivity contribution in [1.29, 1.82) is 0 Å². The topological polar surface area (TPSA) is 400 Å². The summed E-state index contributed by atoms with van der Waals surface area (Å²) in [5.74, 6) is 9.94. The van der Waals surface area contributed by atoms with E-state index >= 15 is 0 Å². The number of pyridine rings is 2. The Balaban J connectivity index is 0.000000133. The van der Waals surface area contributed by atoms with E-state index in [0.717, 1.165) is 5.39 Å². The average molecular weight is 1160 g/mol. The summed E-state index contributed by atoms with van der Waals surface area (Å²) in [6.07, 6.45) is 25.7. The molecule has 26 nitrogen and oxygen atoms in total. The number of rotatable bonds is 8. The fourth-order valence-electron chi connectivity index (χ4n) is 10.3. The molecule has 0 spiro atoms. The monoisotopic (exact) mass is 1160 g/mol. The van der Waals surface area contributed by atoms with Crippen LogP contribution in [0, 0.1) is 62.1 Å². The molecule has 0 aliphatic carbocycles. The number of aromatic nitrogens is 10. The van der Waals surface area contributed by atoms with E-state index in [1.807, 2.05) is 6.07 Å². The third-order valence-corrected chi connectivity index (χ3v) is 15.2. The molecule has 0 amide bonds. The van der Waals surface area contributed by atoms with Crippen LogP contribution >= 0.6 is 11.6 Å². The van der Waals surface area contributed by atoms with E-state index in [0.29, 0.717) is 50.7 Å². The molecule has 434 valence electrons. The molecule has 83 heavy (non-hydrogen) atoms. The van der Waals surface area contributed by atoms with Crippen LogP contribution < -0.4 is 22.9 Å². The Labute approximate surface area is 477 Å². The van der Waals surface area contributed by atoms with Crippen LogP contribution in [-0.2, 0) is 18.9 Å². The third-order valence-electron chi connectivity index (χ3n) is 15.0. The number of fused-ring (bicyclic) bond motifs is 4. The second-order valence-electron chi connectivity index (χ2n) is 19.9. The largest absolute Gasteiger partial charge is 0.398 e.